The predicted molar refractivity (Wildman–Crippen MR) is 68.2 cm³/mol. The van der Waals surface area contributed by atoms with Crippen LogP contribution in [0.1, 0.15) is 52.9 Å². The third-order valence-corrected chi connectivity index (χ3v) is 3.85. The van der Waals surface area contributed by atoms with Gasteiger partial charge in [-0.05, 0) is 46.5 Å². The number of ketones is 1. The van der Waals surface area contributed by atoms with Crippen molar-refractivity contribution in [2.75, 3.05) is 0 Å². The van der Waals surface area contributed by atoms with Crippen molar-refractivity contribution in [3.8, 4) is 0 Å². The van der Waals surface area contributed by atoms with Gasteiger partial charge in [0.15, 0.2) is 0 Å². The van der Waals surface area contributed by atoms with Gasteiger partial charge in [-0.25, -0.2) is 4.79 Å². The molecule has 0 spiro atoms. The lowest BCUT2D eigenvalue weighted by molar-refractivity contribution is -0.133. The summed E-state index contributed by atoms with van der Waals surface area (Å²) in [5.41, 5.74) is -0.488. The van der Waals surface area contributed by atoms with E-state index < -0.39 is 11.7 Å². The summed E-state index contributed by atoms with van der Waals surface area (Å²) in [4.78, 5) is 23.8. The van der Waals surface area contributed by atoms with Gasteiger partial charge >= 0.3 is 6.09 Å². The van der Waals surface area contributed by atoms with Crippen molar-refractivity contribution in [1.29, 1.82) is 0 Å². The maximum Gasteiger partial charge on any atom is 0.407 e. The van der Waals surface area contributed by atoms with Crippen molar-refractivity contribution in [1.82, 2.24) is 5.32 Å². The fourth-order valence-electron chi connectivity index (χ4n) is 3.07. The Kier molecular flexibility index (Phi) is 3.64. The number of ether oxygens (including phenoxy) is 1. The Morgan fingerprint density at radius 2 is 1.94 bits per heavy atom. The van der Waals surface area contributed by atoms with E-state index in [1.165, 1.54) is 0 Å². The zero-order chi connectivity index (χ0) is 13.3. The van der Waals surface area contributed by atoms with Gasteiger partial charge in [0.05, 0.1) is 0 Å². The van der Waals surface area contributed by atoms with Crippen molar-refractivity contribution in [3.63, 3.8) is 0 Å². The molecule has 0 aliphatic heterocycles. The summed E-state index contributed by atoms with van der Waals surface area (Å²) in [5.74, 6) is 0.624. The highest BCUT2D eigenvalue weighted by atomic mass is 16.6. The lowest BCUT2D eigenvalue weighted by Crippen LogP contribution is -2.51. The number of carbonyl (C=O) groups excluding carboxylic acids is 2. The van der Waals surface area contributed by atoms with Crippen LogP contribution in [0.2, 0.25) is 0 Å². The molecule has 0 aromatic rings. The number of rotatable bonds is 1. The Balaban J connectivity index is 1.93. The average molecular weight is 253 g/mol. The zero-order valence-corrected chi connectivity index (χ0v) is 11.5. The van der Waals surface area contributed by atoms with Gasteiger partial charge in [-0.3, -0.25) is 4.79 Å². The van der Waals surface area contributed by atoms with Gasteiger partial charge in [0.25, 0.3) is 0 Å². The summed E-state index contributed by atoms with van der Waals surface area (Å²) >= 11 is 0. The van der Waals surface area contributed by atoms with E-state index in [1.807, 2.05) is 20.8 Å². The number of Topliss-reactive ketones (excluding diaryl/α,β-unsaturated/α-hetero) is 1. The SMILES string of the molecule is CC(C)(C)OC(=O)N[C@H]1CC[C@H]2CCC[C@@H]1C2=O. The summed E-state index contributed by atoms with van der Waals surface area (Å²) in [6.07, 6.45) is 4.47. The van der Waals surface area contributed by atoms with Crippen LogP contribution in [0.3, 0.4) is 0 Å². The summed E-state index contributed by atoms with van der Waals surface area (Å²) in [6.45, 7) is 5.53. The Hall–Kier alpha value is -1.06. The van der Waals surface area contributed by atoms with Gasteiger partial charge in [-0.2, -0.15) is 0 Å². The monoisotopic (exact) mass is 253 g/mol. The van der Waals surface area contributed by atoms with Crippen LogP contribution in [-0.4, -0.2) is 23.5 Å². The van der Waals surface area contributed by atoms with Crippen LogP contribution < -0.4 is 5.32 Å². The number of fused-ring (bicyclic) bond motifs is 2. The van der Waals surface area contributed by atoms with E-state index >= 15 is 0 Å². The van der Waals surface area contributed by atoms with E-state index in [2.05, 4.69) is 5.32 Å². The third-order valence-electron chi connectivity index (χ3n) is 3.85. The van der Waals surface area contributed by atoms with Crippen LogP contribution in [0.15, 0.2) is 0 Å². The molecule has 0 heterocycles. The molecule has 2 aliphatic carbocycles. The maximum absolute atomic E-state index is 12.1. The predicted octanol–water partition coefficient (Wildman–Crippen LogP) is 2.66. The number of nitrogens with one attached hydrogen (secondary N) is 1. The van der Waals surface area contributed by atoms with E-state index in [4.69, 9.17) is 4.74 Å². The van der Waals surface area contributed by atoms with Gasteiger partial charge in [-0.15, -0.1) is 0 Å². The molecule has 4 heteroatoms. The molecular formula is C14H23NO3. The van der Waals surface area contributed by atoms with Crippen LogP contribution in [0.25, 0.3) is 0 Å². The Bertz CT molecular complexity index is 345. The number of alkyl carbamates (subject to hydrolysis) is 1. The van der Waals surface area contributed by atoms with E-state index in [0.29, 0.717) is 5.78 Å². The molecule has 2 fully saturated rings. The molecule has 0 saturated heterocycles. The van der Waals surface area contributed by atoms with Crippen molar-refractivity contribution < 1.29 is 14.3 Å². The molecule has 2 saturated carbocycles. The fraction of sp³-hybridized carbons (Fsp3) is 0.857. The molecule has 1 N–H and O–H groups in total. The number of hydrogen-bond donors (Lipinski definition) is 1. The first-order chi connectivity index (χ1) is 8.37. The van der Waals surface area contributed by atoms with Gasteiger partial charge in [0, 0.05) is 17.9 Å². The van der Waals surface area contributed by atoms with E-state index in [9.17, 15) is 9.59 Å². The van der Waals surface area contributed by atoms with Gasteiger partial charge in [0.1, 0.15) is 11.4 Å². The highest BCUT2D eigenvalue weighted by Gasteiger charge is 2.41. The largest absolute Gasteiger partial charge is 0.444 e. The standard InChI is InChI=1S/C14H23NO3/c1-14(2,3)18-13(17)15-11-8-7-9-5-4-6-10(11)12(9)16/h9-11H,4-8H2,1-3H3,(H,15,17)/t9-,10+,11+/m1/s1. The highest BCUT2D eigenvalue weighted by molar-refractivity contribution is 5.86. The molecule has 0 aromatic heterocycles. The lowest BCUT2D eigenvalue weighted by atomic mass is 9.69. The molecule has 0 radical (unpaired) electrons. The van der Waals surface area contributed by atoms with E-state index in [1.54, 1.807) is 0 Å². The maximum atomic E-state index is 12.1. The lowest BCUT2D eigenvalue weighted by Gasteiger charge is -2.39. The summed E-state index contributed by atoms with van der Waals surface area (Å²) in [7, 11) is 0. The first-order valence-corrected chi connectivity index (χ1v) is 6.90. The second kappa shape index (κ2) is 4.90. The Labute approximate surface area is 108 Å². The fourth-order valence-corrected chi connectivity index (χ4v) is 3.07. The number of amides is 1. The molecule has 2 bridgehead atoms. The normalized spacial score (nSPS) is 31.9. The molecular weight excluding hydrogens is 230 g/mol. The third kappa shape index (κ3) is 3.03. The van der Waals surface area contributed by atoms with Crippen molar-refractivity contribution >= 4 is 11.9 Å². The van der Waals surface area contributed by atoms with E-state index in [0.717, 1.165) is 32.1 Å². The molecule has 0 aromatic carbocycles. The smallest absolute Gasteiger partial charge is 0.407 e. The van der Waals surface area contributed by atoms with Crippen LogP contribution in [0.5, 0.6) is 0 Å². The minimum absolute atomic E-state index is 0.0185. The molecule has 102 valence electrons. The van der Waals surface area contributed by atoms with Gasteiger partial charge < -0.3 is 10.1 Å². The van der Waals surface area contributed by atoms with Crippen molar-refractivity contribution in [3.05, 3.63) is 0 Å². The highest BCUT2D eigenvalue weighted by Crippen LogP contribution is 2.37. The number of hydrogen-bond acceptors (Lipinski definition) is 3. The summed E-state index contributed by atoms with van der Waals surface area (Å²) < 4.78 is 5.25. The molecule has 3 atom stereocenters. The second-order valence-corrected chi connectivity index (χ2v) is 6.47. The molecule has 2 aliphatic rings. The minimum atomic E-state index is -0.488. The zero-order valence-electron chi connectivity index (χ0n) is 11.5. The Morgan fingerprint density at radius 1 is 1.22 bits per heavy atom. The summed E-state index contributed by atoms with van der Waals surface area (Å²) in [6, 6.07) is -0.0242. The van der Waals surface area contributed by atoms with Crippen molar-refractivity contribution in [2.45, 2.75) is 64.5 Å². The first-order valence-electron chi connectivity index (χ1n) is 6.90. The Morgan fingerprint density at radius 3 is 2.61 bits per heavy atom. The van der Waals surface area contributed by atoms with Crippen molar-refractivity contribution in [2.24, 2.45) is 11.8 Å². The second-order valence-electron chi connectivity index (χ2n) is 6.47. The quantitative estimate of drug-likeness (QED) is 0.781. The van der Waals surface area contributed by atoms with Crippen LogP contribution in [-0.2, 0) is 9.53 Å². The van der Waals surface area contributed by atoms with Crippen LogP contribution in [0, 0.1) is 11.8 Å². The molecule has 0 unspecified atom stereocenters. The minimum Gasteiger partial charge on any atom is -0.444 e. The number of carbonyl (C=O) groups is 2. The van der Waals surface area contributed by atoms with Crippen LogP contribution in [0.4, 0.5) is 4.79 Å². The average Bonchev–Trinajstić information content (AvgIpc) is 2.19. The van der Waals surface area contributed by atoms with Crippen LogP contribution >= 0.6 is 0 Å². The summed E-state index contributed by atoms with van der Waals surface area (Å²) in [5, 5.41) is 2.88. The van der Waals surface area contributed by atoms with Gasteiger partial charge in [-0.1, -0.05) is 6.42 Å². The molecule has 4 nitrogen and oxygen atoms in total. The molecule has 18 heavy (non-hydrogen) atoms. The van der Waals surface area contributed by atoms with E-state index in [-0.39, 0.29) is 17.9 Å². The first kappa shape index (κ1) is 13.4. The molecule has 2 rings (SSSR count). The molecule has 1 amide bonds. The van der Waals surface area contributed by atoms with Gasteiger partial charge in [0.2, 0.25) is 0 Å². The topological polar surface area (TPSA) is 55.4 Å².